The van der Waals surface area contributed by atoms with Crippen molar-refractivity contribution in [3.05, 3.63) is 29.6 Å². The van der Waals surface area contributed by atoms with Crippen LogP contribution in [0.4, 0.5) is 0 Å². The van der Waals surface area contributed by atoms with Crippen LogP contribution < -0.4 is 27.4 Å². The van der Waals surface area contributed by atoms with Gasteiger partial charge in [0.15, 0.2) is 0 Å². The number of carbonyl (C=O) groups is 5. The third-order valence-corrected chi connectivity index (χ3v) is 5.80. The zero-order chi connectivity index (χ0) is 26.7. The molecule has 13 nitrogen and oxygen atoms in total. The maximum Gasteiger partial charge on any atom is 0.270 e. The molecule has 3 atom stereocenters. The third kappa shape index (κ3) is 8.57. The smallest absolute Gasteiger partial charge is 0.270 e. The first-order chi connectivity index (χ1) is 17.1. The number of carbonyl (C=O) groups excluding carboxylic acids is 5. The summed E-state index contributed by atoms with van der Waals surface area (Å²) in [6.45, 7) is 2.97. The Bertz CT molecular complexity index is 955. The summed E-state index contributed by atoms with van der Waals surface area (Å²) in [7, 11) is 0. The number of hydrogen-bond donors (Lipinski definition) is 6. The number of nitrogens with two attached hydrogens (primary N) is 2. The van der Waals surface area contributed by atoms with E-state index in [0.717, 1.165) is 13.0 Å². The lowest BCUT2D eigenvalue weighted by atomic mass is 10.0. The molecule has 5 amide bonds. The van der Waals surface area contributed by atoms with E-state index in [2.05, 4.69) is 20.9 Å². The first kappa shape index (κ1) is 28.7. The molecule has 1 aromatic heterocycles. The van der Waals surface area contributed by atoms with Gasteiger partial charge in [0, 0.05) is 32.6 Å². The number of nitrogens with one attached hydrogen (secondary N) is 3. The maximum atomic E-state index is 12.7. The van der Waals surface area contributed by atoms with Crippen LogP contribution in [0, 0.1) is 5.92 Å². The molecule has 1 aliphatic rings. The average molecular weight is 506 g/mol. The van der Waals surface area contributed by atoms with Gasteiger partial charge in [-0.2, -0.15) is 0 Å². The zero-order valence-electron chi connectivity index (χ0n) is 20.4. The number of amides is 5. The van der Waals surface area contributed by atoms with Gasteiger partial charge in [0.1, 0.15) is 17.4 Å². The molecule has 1 saturated heterocycles. The highest BCUT2D eigenvalue weighted by Crippen LogP contribution is 2.09. The summed E-state index contributed by atoms with van der Waals surface area (Å²) in [6.07, 6.45) is 1.13. The van der Waals surface area contributed by atoms with Gasteiger partial charge in [-0.05, 0) is 44.9 Å². The van der Waals surface area contributed by atoms with Crippen LogP contribution in [0.3, 0.4) is 0 Å². The van der Waals surface area contributed by atoms with Crippen LogP contribution in [-0.4, -0.2) is 89.4 Å². The van der Waals surface area contributed by atoms with Crippen molar-refractivity contribution >= 4 is 29.5 Å². The van der Waals surface area contributed by atoms with Crippen LogP contribution in [-0.2, 0) is 14.4 Å². The number of likely N-dealkylation sites (tertiary alicyclic amines) is 1. The SMILES string of the molecule is CC(O)C(CNC(=O)c1cccc(C(=O)NC(CCN)C(=O)NCCCN2CCCC2=O)n1)C(N)=O. The van der Waals surface area contributed by atoms with E-state index in [1.165, 1.54) is 25.1 Å². The minimum atomic E-state index is -1.05. The molecule has 3 unspecified atom stereocenters. The van der Waals surface area contributed by atoms with E-state index in [-0.39, 0.29) is 36.8 Å². The summed E-state index contributed by atoms with van der Waals surface area (Å²) < 4.78 is 0. The van der Waals surface area contributed by atoms with Crippen LogP contribution in [0.1, 0.15) is 53.6 Å². The second-order valence-electron chi connectivity index (χ2n) is 8.60. The van der Waals surface area contributed by atoms with Crippen molar-refractivity contribution in [1.29, 1.82) is 0 Å². The van der Waals surface area contributed by atoms with Crippen molar-refractivity contribution in [2.24, 2.45) is 17.4 Å². The summed E-state index contributed by atoms with van der Waals surface area (Å²) in [5.41, 5.74) is 10.6. The number of hydrogen-bond acceptors (Lipinski definition) is 8. The van der Waals surface area contributed by atoms with E-state index in [1.807, 2.05) is 0 Å². The standard InChI is InChI=1S/C23H35N7O6/c1-14(31)15(20(25)33)13-27-22(35)16-5-2-6-17(28-16)23(36)29-18(8-9-24)21(34)26-10-4-12-30-11-3-7-19(30)32/h2,5-6,14-15,18,31H,3-4,7-13,24H2,1H3,(H2,25,33)(H,26,34)(H,27,35)(H,29,36). The van der Waals surface area contributed by atoms with Gasteiger partial charge in [-0.1, -0.05) is 6.07 Å². The summed E-state index contributed by atoms with van der Waals surface area (Å²) in [4.78, 5) is 66.6. The fraction of sp³-hybridized carbons (Fsp3) is 0.565. The number of rotatable bonds is 14. The molecule has 0 spiro atoms. The fourth-order valence-corrected chi connectivity index (χ4v) is 3.70. The summed E-state index contributed by atoms with van der Waals surface area (Å²) in [6, 6.07) is 3.31. The first-order valence-electron chi connectivity index (χ1n) is 11.9. The fourth-order valence-electron chi connectivity index (χ4n) is 3.70. The zero-order valence-corrected chi connectivity index (χ0v) is 20.4. The van der Waals surface area contributed by atoms with Crippen molar-refractivity contribution in [2.75, 3.05) is 32.7 Å². The molecule has 36 heavy (non-hydrogen) atoms. The monoisotopic (exact) mass is 505 g/mol. The lowest BCUT2D eigenvalue weighted by Gasteiger charge is -2.19. The van der Waals surface area contributed by atoms with Gasteiger partial charge >= 0.3 is 0 Å². The van der Waals surface area contributed by atoms with Gasteiger partial charge < -0.3 is 37.4 Å². The third-order valence-electron chi connectivity index (χ3n) is 5.80. The van der Waals surface area contributed by atoms with Crippen molar-refractivity contribution < 1.29 is 29.1 Å². The van der Waals surface area contributed by atoms with Crippen molar-refractivity contribution in [3.8, 4) is 0 Å². The predicted octanol–water partition coefficient (Wildman–Crippen LogP) is -2.13. The largest absolute Gasteiger partial charge is 0.393 e. The predicted molar refractivity (Wildman–Crippen MR) is 129 cm³/mol. The summed E-state index contributed by atoms with van der Waals surface area (Å²) in [5.74, 6) is -3.36. The molecule has 0 bridgehead atoms. The number of primary amides is 1. The average Bonchev–Trinajstić information content (AvgIpc) is 3.25. The lowest BCUT2D eigenvalue weighted by molar-refractivity contribution is -0.127. The Labute approximate surface area is 209 Å². The molecule has 0 radical (unpaired) electrons. The Balaban J connectivity index is 1.91. The first-order valence-corrected chi connectivity index (χ1v) is 11.9. The highest BCUT2D eigenvalue weighted by Gasteiger charge is 2.24. The number of aromatic nitrogens is 1. The summed E-state index contributed by atoms with van der Waals surface area (Å²) >= 11 is 0. The van der Waals surface area contributed by atoms with Crippen LogP contribution in [0.5, 0.6) is 0 Å². The van der Waals surface area contributed by atoms with E-state index < -0.39 is 41.7 Å². The molecule has 13 heteroatoms. The van der Waals surface area contributed by atoms with Gasteiger partial charge in [-0.15, -0.1) is 0 Å². The Kier molecular flexibility index (Phi) is 11.2. The van der Waals surface area contributed by atoms with Crippen LogP contribution in [0.2, 0.25) is 0 Å². The van der Waals surface area contributed by atoms with Gasteiger partial charge in [0.2, 0.25) is 17.7 Å². The molecule has 2 rings (SSSR count). The molecule has 0 aromatic carbocycles. The highest BCUT2D eigenvalue weighted by atomic mass is 16.3. The van der Waals surface area contributed by atoms with Gasteiger partial charge in [-0.3, -0.25) is 24.0 Å². The highest BCUT2D eigenvalue weighted by molar-refractivity contribution is 5.98. The topological polar surface area (TPSA) is 210 Å². The van der Waals surface area contributed by atoms with Crippen LogP contribution >= 0.6 is 0 Å². The van der Waals surface area contributed by atoms with Crippen LogP contribution in [0.15, 0.2) is 18.2 Å². The molecule has 0 aliphatic carbocycles. The quantitative estimate of drug-likeness (QED) is 0.153. The van der Waals surface area contributed by atoms with Gasteiger partial charge in [0.25, 0.3) is 11.8 Å². The lowest BCUT2D eigenvalue weighted by Crippen LogP contribution is -2.48. The van der Waals surface area contributed by atoms with Crippen molar-refractivity contribution in [3.63, 3.8) is 0 Å². The number of nitrogens with zero attached hydrogens (tertiary/aromatic N) is 2. The number of aliphatic hydroxyl groups excluding tert-OH is 1. The van der Waals surface area contributed by atoms with E-state index >= 15 is 0 Å². The van der Waals surface area contributed by atoms with Gasteiger partial charge in [-0.25, -0.2) is 4.98 Å². The Morgan fingerprint density at radius 3 is 2.44 bits per heavy atom. The molecular weight excluding hydrogens is 470 g/mol. The van der Waals surface area contributed by atoms with Crippen molar-refractivity contribution in [2.45, 2.75) is 44.8 Å². The Hall–Kier alpha value is -3.58. The minimum absolute atomic E-state index is 0.0900. The second kappa shape index (κ2) is 14.1. The normalized spacial score (nSPS) is 15.6. The molecule has 0 saturated carbocycles. The van der Waals surface area contributed by atoms with Gasteiger partial charge in [0.05, 0.1) is 12.0 Å². The molecule has 2 heterocycles. The van der Waals surface area contributed by atoms with E-state index in [1.54, 1.807) is 4.90 Å². The molecule has 1 aromatic rings. The molecular formula is C23H35N7O6. The van der Waals surface area contributed by atoms with E-state index in [9.17, 15) is 29.1 Å². The molecule has 8 N–H and O–H groups in total. The Morgan fingerprint density at radius 1 is 1.17 bits per heavy atom. The molecule has 198 valence electrons. The summed E-state index contributed by atoms with van der Waals surface area (Å²) in [5, 5.41) is 17.4. The Morgan fingerprint density at radius 2 is 1.86 bits per heavy atom. The van der Waals surface area contributed by atoms with E-state index in [4.69, 9.17) is 11.5 Å². The number of aliphatic hydroxyl groups is 1. The minimum Gasteiger partial charge on any atom is -0.393 e. The second-order valence-corrected chi connectivity index (χ2v) is 8.60. The maximum absolute atomic E-state index is 12.7. The molecule has 1 aliphatic heterocycles. The molecule has 1 fully saturated rings. The van der Waals surface area contributed by atoms with Crippen molar-refractivity contribution in [1.82, 2.24) is 25.8 Å². The van der Waals surface area contributed by atoms with E-state index in [0.29, 0.717) is 25.9 Å². The number of pyridine rings is 1. The van der Waals surface area contributed by atoms with Crippen LogP contribution in [0.25, 0.3) is 0 Å².